The van der Waals surface area contributed by atoms with Crippen molar-refractivity contribution < 1.29 is 19.1 Å². The quantitative estimate of drug-likeness (QED) is 0.705. The number of benzene rings is 1. The second-order valence-corrected chi connectivity index (χ2v) is 7.08. The van der Waals surface area contributed by atoms with Gasteiger partial charge in [-0.05, 0) is 37.1 Å². The fourth-order valence-corrected chi connectivity index (χ4v) is 3.26. The van der Waals surface area contributed by atoms with Crippen LogP contribution in [-0.2, 0) is 9.53 Å². The van der Waals surface area contributed by atoms with Crippen molar-refractivity contribution in [1.29, 1.82) is 0 Å². The number of thiophene rings is 1. The number of nitrogens with one attached hydrogen (secondary N) is 1. The van der Waals surface area contributed by atoms with Gasteiger partial charge in [-0.25, -0.2) is 4.79 Å². The van der Waals surface area contributed by atoms with Crippen LogP contribution in [-0.4, -0.2) is 25.1 Å². The molecular weight excluding hydrogens is 362 g/mol. The van der Waals surface area contributed by atoms with Crippen molar-refractivity contribution in [3.63, 3.8) is 0 Å². The van der Waals surface area contributed by atoms with E-state index in [1.165, 1.54) is 11.3 Å². The predicted molar refractivity (Wildman–Crippen MR) is 99.9 cm³/mol. The number of hydrogen-bond acceptors (Lipinski definition) is 5. The molecule has 7 heteroatoms. The Hall–Kier alpha value is -2.05. The highest BCUT2D eigenvalue weighted by Crippen LogP contribution is 2.33. The summed E-state index contributed by atoms with van der Waals surface area (Å²) in [6.07, 6.45) is 0. The van der Waals surface area contributed by atoms with Crippen molar-refractivity contribution in [2.24, 2.45) is 0 Å². The van der Waals surface area contributed by atoms with Gasteiger partial charge in [0.05, 0.1) is 12.2 Å². The Morgan fingerprint density at radius 2 is 2.04 bits per heavy atom. The van der Waals surface area contributed by atoms with Crippen molar-refractivity contribution in [1.82, 2.24) is 0 Å². The molecule has 0 bridgehead atoms. The van der Waals surface area contributed by atoms with Crippen LogP contribution in [0.5, 0.6) is 5.75 Å². The van der Waals surface area contributed by atoms with Crippen LogP contribution in [0.15, 0.2) is 30.3 Å². The van der Waals surface area contributed by atoms with Crippen molar-refractivity contribution >= 4 is 39.8 Å². The fourth-order valence-electron chi connectivity index (χ4n) is 2.02. The summed E-state index contributed by atoms with van der Waals surface area (Å²) in [6, 6.07) is 8.56. The second-order valence-electron chi connectivity index (χ2n) is 5.56. The van der Waals surface area contributed by atoms with Crippen molar-refractivity contribution in [2.75, 3.05) is 18.5 Å². The number of carbonyl (C=O) groups is 2. The molecule has 0 spiro atoms. The highest BCUT2D eigenvalue weighted by atomic mass is 35.5. The molecule has 0 fully saturated rings. The molecule has 1 N–H and O–H groups in total. The Bertz CT molecular complexity index is 757. The first-order valence-corrected chi connectivity index (χ1v) is 9.09. The number of ether oxygens (including phenoxy) is 2. The van der Waals surface area contributed by atoms with Crippen LogP contribution >= 0.6 is 22.9 Å². The number of anilines is 1. The molecule has 0 saturated heterocycles. The van der Waals surface area contributed by atoms with E-state index in [9.17, 15) is 9.59 Å². The lowest BCUT2D eigenvalue weighted by molar-refractivity contribution is -0.118. The minimum atomic E-state index is -0.447. The Kier molecular flexibility index (Phi) is 6.84. The lowest BCUT2D eigenvalue weighted by Gasteiger charge is -2.08. The van der Waals surface area contributed by atoms with Gasteiger partial charge in [0.2, 0.25) is 0 Å². The first-order valence-electron chi connectivity index (χ1n) is 7.89. The molecule has 0 aliphatic heterocycles. The minimum Gasteiger partial charge on any atom is -0.484 e. The van der Waals surface area contributed by atoms with Crippen LogP contribution in [0.4, 0.5) is 5.00 Å². The Balaban J connectivity index is 2.07. The van der Waals surface area contributed by atoms with Crippen LogP contribution in [0.2, 0.25) is 5.02 Å². The molecule has 1 amide bonds. The molecule has 0 unspecified atom stereocenters. The molecule has 1 heterocycles. The lowest BCUT2D eigenvalue weighted by Crippen LogP contribution is -2.21. The summed E-state index contributed by atoms with van der Waals surface area (Å²) in [6.45, 7) is 5.88. The summed E-state index contributed by atoms with van der Waals surface area (Å²) in [4.78, 5) is 25.2. The summed E-state index contributed by atoms with van der Waals surface area (Å²) >= 11 is 7.24. The van der Waals surface area contributed by atoms with Crippen LogP contribution in [0.25, 0.3) is 0 Å². The summed E-state index contributed by atoms with van der Waals surface area (Å²) in [5, 5.41) is 3.73. The molecule has 0 aliphatic carbocycles. The third-order valence-electron chi connectivity index (χ3n) is 3.23. The van der Waals surface area contributed by atoms with E-state index in [2.05, 4.69) is 5.32 Å². The third-order valence-corrected chi connectivity index (χ3v) is 4.82. The molecule has 0 aliphatic rings. The monoisotopic (exact) mass is 381 g/mol. The first kappa shape index (κ1) is 19.3. The first-order chi connectivity index (χ1) is 11.9. The molecule has 1 aromatic heterocycles. The maximum Gasteiger partial charge on any atom is 0.341 e. The second kappa shape index (κ2) is 8.87. The van der Waals surface area contributed by atoms with E-state index in [0.29, 0.717) is 21.3 Å². The van der Waals surface area contributed by atoms with Crippen LogP contribution in [0, 0.1) is 0 Å². The molecular formula is C18H20ClNO4S. The van der Waals surface area contributed by atoms with Crippen LogP contribution in [0.1, 0.15) is 41.9 Å². The van der Waals surface area contributed by atoms with Gasteiger partial charge in [0.25, 0.3) is 5.91 Å². The van der Waals surface area contributed by atoms with Crippen molar-refractivity contribution in [2.45, 2.75) is 26.7 Å². The van der Waals surface area contributed by atoms with Gasteiger partial charge in [-0.3, -0.25) is 4.79 Å². The van der Waals surface area contributed by atoms with E-state index >= 15 is 0 Å². The Labute approximate surface area is 155 Å². The number of rotatable bonds is 7. The van der Waals surface area contributed by atoms with E-state index in [4.69, 9.17) is 21.1 Å². The number of esters is 1. The summed E-state index contributed by atoms with van der Waals surface area (Å²) < 4.78 is 10.5. The average molecular weight is 382 g/mol. The Morgan fingerprint density at radius 3 is 2.68 bits per heavy atom. The van der Waals surface area contributed by atoms with Gasteiger partial charge in [-0.1, -0.05) is 31.5 Å². The summed E-state index contributed by atoms with van der Waals surface area (Å²) in [5.41, 5.74) is 0.367. The van der Waals surface area contributed by atoms with Crippen molar-refractivity contribution in [3.05, 3.63) is 45.8 Å². The number of hydrogen-bond donors (Lipinski definition) is 1. The Morgan fingerprint density at radius 1 is 1.28 bits per heavy atom. The van der Waals surface area contributed by atoms with Gasteiger partial charge in [-0.2, -0.15) is 0 Å². The summed E-state index contributed by atoms with van der Waals surface area (Å²) in [7, 11) is 0. The van der Waals surface area contributed by atoms with Gasteiger partial charge >= 0.3 is 5.97 Å². The molecule has 1 aromatic carbocycles. The SMILES string of the molecule is CCOC(=O)c1cc(C(C)C)sc1NC(=O)COc1cccc(Cl)c1. The maximum absolute atomic E-state index is 12.2. The number of carbonyl (C=O) groups excluding carboxylic acids is 2. The molecule has 2 aromatic rings. The zero-order valence-corrected chi connectivity index (χ0v) is 15.9. The molecule has 0 atom stereocenters. The third kappa shape index (κ3) is 5.47. The average Bonchev–Trinajstić information content (AvgIpc) is 2.97. The number of halogens is 1. The van der Waals surface area contributed by atoms with Gasteiger partial charge in [0, 0.05) is 9.90 Å². The maximum atomic E-state index is 12.2. The van der Waals surface area contributed by atoms with E-state index in [0.717, 1.165) is 4.88 Å². The van der Waals surface area contributed by atoms with E-state index in [1.54, 1.807) is 37.3 Å². The standard InChI is InChI=1S/C18H20ClNO4S/c1-4-23-18(22)14-9-15(11(2)3)25-17(14)20-16(21)10-24-13-7-5-6-12(19)8-13/h5-9,11H,4,10H2,1-3H3,(H,20,21). The summed E-state index contributed by atoms with van der Waals surface area (Å²) in [5.74, 6) is -0.0618. The van der Waals surface area contributed by atoms with Gasteiger partial charge in [-0.15, -0.1) is 11.3 Å². The van der Waals surface area contributed by atoms with E-state index in [-0.39, 0.29) is 25.0 Å². The molecule has 2 rings (SSSR count). The molecule has 5 nitrogen and oxygen atoms in total. The van der Waals surface area contributed by atoms with Gasteiger partial charge in [0.1, 0.15) is 10.8 Å². The molecule has 25 heavy (non-hydrogen) atoms. The van der Waals surface area contributed by atoms with Crippen molar-refractivity contribution in [3.8, 4) is 5.75 Å². The molecule has 134 valence electrons. The minimum absolute atomic E-state index is 0.183. The van der Waals surface area contributed by atoms with Gasteiger partial charge < -0.3 is 14.8 Å². The predicted octanol–water partition coefficient (Wildman–Crippen LogP) is 4.72. The zero-order chi connectivity index (χ0) is 18.4. The normalized spacial score (nSPS) is 10.6. The molecule has 0 saturated carbocycles. The van der Waals surface area contributed by atoms with Crippen LogP contribution in [0.3, 0.4) is 0 Å². The molecule has 0 radical (unpaired) electrons. The highest BCUT2D eigenvalue weighted by molar-refractivity contribution is 7.16. The zero-order valence-electron chi connectivity index (χ0n) is 14.3. The fraction of sp³-hybridized carbons (Fsp3) is 0.333. The lowest BCUT2D eigenvalue weighted by atomic mass is 10.1. The smallest absolute Gasteiger partial charge is 0.341 e. The highest BCUT2D eigenvalue weighted by Gasteiger charge is 2.20. The topological polar surface area (TPSA) is 64.6 Å². The van der Waals surface area contributed by atoms with E-state index in [1.807, 2.05) is 13.8 Å². The largest absolute Gasteiger partial charge is 0.484 e. The van der Waals surface area contributed by atoms with Crippen LogP contribution < -0.4 is 10.1 Å². The number of amides is 1. The van der Waals surface area contributed by atoms with E-state index < -0.39 is 5.97 Å². The van der Waals surface area contributed by atoms with Gasteiger partial charge in [0.15, 0.2) is 6.61 Å².